The highest BCUT2D eigenvalue weighted by Gasteiger charge is 2.31. The van der Waals surface area contributed by atoms with Crippen LogP contribution in [0.1, 0.15) is 48.5 Å². The molecule has 44 heavy (non-hydrogen) atoms. The third kappa shape index (κ3) is 5.04. The Labute approximate surface area is 252 Å². The van der Waals surface area contributed by atoms with E-state index in [0.29, 0.717) is 36.4 Å². The van der Waals surface area contributed by atoms with E-state index in [9.17, 15) is 22.8 Å². The minimum Gasteiger partial charge on any atom is -0.423 e. The monoisotopic (exact) mass is 589 g/mol. The van der Waals surface area contributed by atoms with Crippen LogP contribution in [0.2, 0.25) is 0 Å². The van der Waals surface area contributed by atoms with E-state index < -0.39 is 17.7 Å². The highest BCUT2D eigenvalue weighted by atomic mass is 19.4. The number of alkyl halides is 3. The molecule has 7 rings (SSSR count). The summed E-state index contributed by atoms with van der Waals surface area (Å²) in [4.78, 5) is 28.8. The normalized spacial score (nSPS) is 13.6. The average molecular weight is 590 g/mol. The molecule has 7 heteroatoms. The van der Waals surface area contributed by atoms with Crippen LogP contribution in [0.3, 0.4) is 0 Å². The SMILES string of the molecule is O=C(Oc1ccc2c(c1)CCN(C(=O)c1cccc3c1Cc1ccccc1-3)C2)c1ccccc1-c1ccc(C(F)(F)F)cc1. The molecule has 0 bridgehead atoms. The largest absolute Gasteiger partial charge is 0.423 e. The lowest BCUT2D eigenvalue weighted by Gasteiger charge is -2.30. The first kappa shape index (κ1) is 27.7. The van der Waals surface area contributed by atoms with Gasteiger partial charge in [0.15, 0.2) is 0 Å². The molecule has 0 N–H and O–H groups in total. The van der Waals surface area contributed by atoms with Gasteiger partial charge in [-0.1, -0.05) is 72.8 Å². The predicted molar refractivity (Wildman–Crippen MR) is 161 cm³/mol. The second-order valence-electron chi connectivity index (χ2n) is 11.1. The fourth-order valence-corrected chi connectivity index (χ4v) is 6.21. The van der Waals surface area contributed by atoms with Gasteiger partial charge in [0, 0.05) is 18.7 Å². The summed E-state index contributed by atoms with van der Waals surface area (Å²) in [6.07, 6.45) is -3.08. The van der Waals surface area contributed by atoms with Crippen LogP contribution in [0.25, 0.3) is 22.3 Å². The summed E-state index contributed by atoms with van der Waals surface area (Å²) in [5.41, 5.74) is 7.79. The molecular weight excluding hydrogens is 563 g/mol. The van der Waals surface area contributed by atoms with Crippen molar-refractivity contribution >= 4 is 11.9 Å². The van der Waals surface area contributed by atoms with Crippen molar-refractivity contribution in [2.45, 2.75) is 25.6 Å². The number of amides is 1. The molecule has 0 fully saturated rings. The molecule has 2 aliphatic rings. The number of benzene rings is 5. The lowest BCUT2D eigenvalue weighted by molar-refractivity contribution is -0.137. The minimum absolute atomic E-state index is 0.00989. The summed E-state index contributed by atoms with van der Waals surface area (Å²) >= 11 is 0. The van der Waals surface area contributed by atoms with Crippen LogP contribution in [-0.4, -0.2) is 23.3 Å². The van der Waals surface area contributed by atoms with Gasteiger partial charge >= 0.3 is 12.1 Å². The fraction of sp³-hybridized carbons (Fsp3) is 0.135. The Morgan fingerprint density at radius 3 is 2.18 bits per heavy atom. The molecule has 1 aliphatic carbocycles. The van der Waals surface area contributed by atoms with Gasteiger partial charge in [-0.15, -0.1) is 0 Å². The summed E-state index contributed by atoms with van der Waals surface area (Å²) in [5, 5.41) is 0. The van der Waals surface area contributed by atoms with Crippen molar-refractivity contribution in [3.63, 3.8) is 0 Å². The zero-order valence-corrected chi connectivity index (χ0v) is 23.5. The van der Waals surface area contributed by atoms with E-state index >= 15 is 0 Å². The molecule has 0 radical (unpaired) electrons. The van der Waals surface area contributed by atoms with Crippen LogP contribution in [0, 0.1) is 0 Å². The fourth-order valence-electron chi connectivity index (χ4n) is 6.21. The second-order valence-corrected chi connectivity index (χ2v) is 11.1. The van der Waals surface area contributed by atoms with E-state index in [0.717, 1.165) is 46.4 Å². The smallest absolute Gasteiger partial charge is 0.416 e. The standard InChI is InChI=1S/C37H26F3NO3/c38-37(39,40)27-15-12-23(13-16-27)29-7-3-4-9-33(29)36(43)44-28-17-14-26-22-41(19-18-24(26)20-28)35(42)32-11-5-10-31-30-8-2-1-6-25(30)21-34(31)32/h1-17,20H,18-19,21-22H2. The molecule has 1 aliphatic heterocycles. The Hall–Kier alpha value is -5.17. The van der Waals surface area contributed by atoms with E-state index in [1.54, 1.807) is 30.3 Å². The van der Waals surface area contributed by atoms with Crippen LogP contribution in [0.5, 0.6) is 5.75 Å². The lowest BCUT2D eigenvalue weighted by Crippen LogP contribution is -2.36. The molecule has 0 saturated carbocycles. The van der Waals surface area contributed by atoms with Crippen molar-refractivity contribution in [3.05, 3.63) is 148 Å². The number of hydrogen-bond acceptors (Lipinski definition) is 3. The number of nitrogens with zero attached hydrogens (tertiary/aromatic N) is 1. The number of halogens is 3. The van der Waals surface area contributed by atoms with E-state index in [4.69, 9.17) is 4.74 Å². The molecule has 5 aromatic carbocycles. The Balaban J connectivity index is 1.07. The summed E-state index contributed by atoms with van der Waals surface area (Å²) < 4.78 is 44.8. The summed E-state index contributed by atoms with van der Waals surface area (Å²) in [6.45, 7) is 0.992. The highest BCUT2D eigenvalue weighted by Crippen LogP contribution is 2.39. The minimum atomic E-state index is -4.44. The number of rotatable bonds is 4. The maximum absolute atomic E-state index is 13.7. The number of carbonyl (C=O) groups is 2. The summed E-state index contributed by atoms with van der Waals surface area (Å²) in [5.74, 6) is -0.225. The van der Waals surface area contributed by atoms with Crippen LogP contribution < -0.4 is 4.74 Å². The number of fused-ring (bicyclic) bond motifs is 4. The maximum Gasteiger partial charge on any atom is 0.416 e. The molecule has 0 unspecified atom stereocenters. The molecular formula is C37H26F3NO3. The summed E-state index contributed by atoms with van der Waals surface area (Å²) in [6, 6.07) is 31.0. The second kappa shape index (κ2) is 10.8. The van der Waals surface area contributed by atoms with Gasteiger partial charge < -0.3 is 9.64 Å². The van der Waals surface area contributed by atoms with Gasteiger partial charge in [-0.2, -0.15) is 13.2 Å². The average Bonchev–Trinajstić information content (AvgIpc) is 3.43. The third-order valence-electron chi connectivity index (χ3n) is 8.44. The first-order valence-corrected chi connectivity index (χ1v) is 14.4. The van der Waals surface area contributed by atoms with Gasteiger partial charge in [-0.05, 0) is 93.7 Å². The molecule has 0 spiro atoms. The van der Waals surface area contributed by atoms with Crippen LogP contribution in [0.4, 0.5) is 13.2 Å². The Kier molecular flexibility index (Phi) is 6.81. The number of carbonyl (C=O) groups excluding carboxylic acids is 2. The quantitative estimate of drug-likeness (QED) is 0.153. The van der Waals surface area contributed by atoms with Gasteiger partial charge in [-0.3, -0.25) is 4.79 Å². The first-order valence-electron chi connectivity index (χ1n) is 14.4. The maximum atomic E-state index is 13.7. The van der Waals surface area contributed by atoms with Crippen molar-refractivity contribution in [2.75, 3.05) is 6.54 Å². The van der Waals surface area contributed by atoms with Gasteiger partial charge in [0.1, 0.15) is 5.75 Å². The van der Waals surface area contributed by atoms with E-state index in [2.05, 4.69) is 18.2 Å². The molecule has 1 amide bonds. The predicted octanol–water partition coefficient (Wildman–Crippen LogP) is 8.36. The van der Waals surface area contributed by atoms with Crippen LogP contribution >= 0.6 is 0 Å². The van der Waals surface area contributed by atoms with Crippen molar-refractivity contribution in [3.8, 4) is 28.0 Å². The van der Waals surface area contributed by atoms with Gasteiger partial charge in [0.2, 0.25) is 0 Å². The number of hydrogen-bond donors (Lipinski definition) is 0. The number of esters is 1. The molecule has 4 nitrogen and oxygen atoms in total. The zero-order valence-electron chi connectivity index (χ0n) is 23.5. The van der Waals surface area contributed by atoms with Crippen LogP contribution in [-0.2, 0) is 25.6 Å². The van der Waals surface area contributed by atoms with E-state index in [-0.39, 0.29) is 11.5 Å². The third-order valence-corrected chi connectivity index (χ3v) is 8.44. The zero-order chi connectivity index (χ0) is 30.4. The Morgan fingerprint density at radius 2 is 1.39 bits per heavy atom. The van der Waals surface area contributed by atoms with Gasteiger partial charge in [0.05, 0.1) is 11.1 Å². The van der Waals surface area contributed by atoms with Crippen molar-refractivity contribution in [1.82, 2.24) is 4.90 Å². The van der Waals surface area contributed by atoms with Crippen LogP contribution in [0.15, 0.2) is 109 Å². The Bertz CT molecular complexity index is 1930. The first-order chi connectivity index (χ1) is 21.3. The molecule has 218 valence electrons. The molecule has 0 atom stereocenters. The van der Waals surface area contributed by atoms with Crippen molar-refractivity contribution < 1.29 is 27.5 Å². The summed E-state index contributed by atoms with van der Waals surface area (Å²) in [7, 11) is 0. The van der Waals surface area contributed by atoms with Crippen molar-refractivity contribution in [2.24, 2.45) is 0 Å². The molecule has 1 heterocycles. The van der Waals surface area contributed by atoms with E-state index in [1.165, 1.54) is 23.3 Å². The Morgan fingerprint density at radius 1 is 0.682 bits per heavy atom. The van der Waals surface area contributed by atoms with Gasteiger partial charge in [-0.25, -0.2) is 4.79 Å². The highest BCUT2D eigenvalue weighted by molar-refractivity contribution is 6.00. The topological polar surface area (TPSA) is 46.6 Å². The molecule has 5 aromatic rings. The molecule has 0 saturated heterocycles. The number of ether oxygens (including phenoxy) is 1. The lowest BCUT2D eigenvalue weighted by atomic mass is 9.96. The van der Waals surface area contributed by atoms with Crippen molar-refractivity contribution in [1.29, 1.82) is 0 Å². The van der Waals surface area contributed by atoms with E-state index in [1.807, 2.05) is 41.3 Å². The van der Waals surface area contributed by atoms with Gasteiger partial charge in [0.25, 0.3) is 5.91 Å². The molecule has 0 aromatic heterocycles.